The number of nitrogens with zero attached hydrogens (tertiary/aromatic N) is 2. The first kappa shape index (κ1) is 14.5. The second-order valence-electron chi connectivity index (χ2n) is 4.88. The molecule has 2 aromatic rings. The third-order valence-corrected chi connectivity index (χ3v) is 5.00. The van der Waals surface area contributed by atoms with E-state index in [9.17, 15) is 12.8 Å². The van der Waals surface area contributed by atoms with E-state index < -0.39 is 21.1 Å². The van der Waals surface area contributed by atoms with Crippen molar-refractivity contribution in [3.05, 3.63) is 35.9 Å². The van der Waals surface area contributed by atoms with E-state index in [2.05, 4.69) is 5.10 Å². The summed E-state index contributed by atoms with van der Waals surface area (Å²) in [6.45, 7) is 4.88. The highest BCUT2D eigenvalue weighted by molar-refractivity contribution is 7.90. The number of rotatable bonds is 3. The van der Waals surface area contributed by atoms with E-state index in [1.807, 2.05) is 0 Å². The predicted molar refractivity (Wildman–Crippen MR) is 76.2 cm³/mol. The topological polar surface area (TPSA) is 78.0 Å². The lowest BCUT2D eigenvalue weighted by Crippen LogP contribution is -2.22. The highest BCUT2D eigenvalue weighted by Gasteiger charge is 2.20. The Balaban J connectivity index is 2.52. The molecule has 0 bridgehead atoms. The molecular formula is C13H16FN3O2S. The zero-order chi connectivity index (χ0) is 15.1. The third kappa shape index (κ3) is 2.40. The predicted octanol–water partition coefficient (Wildman–Crippen LogP) is 2.17. The summed E-state index contributed by atoms with van der Waals surface area (Å²) in [5, 5.41) is 3.21. The number of hydrogen-bond acceptors (Lipinski definition) is 4. The summed E-state index contributed by atoms with van der Waals surface area (Å²) in [6.07, 6.45) is 2.64. The van der Waals surface area contributed by atoms with E-state index in [0.717, 1.165) is 9.65 Å². The van der Waals surface area contributed by atoms with Crippen LogP contribution in [0.3, 0.4) is 0 Å². The molecule has 0 fully saturated rings. The molecule has 1 heterocycles. The normalized spacial score (nSPS) is 12.1. The smallest absolute Gasteiger partial charge is 0.256 e. The maximum Gasteiger partial charge on any atom is 0.256 e. The van der Waals surface area contributed by atoms with Crippen LogP contribution in [-0.2, 0) is 10.0 Å². The number of nitrogens with two attached hydrogens (primary N) is 1. The Labute approximate surface area is 117 Å². The summed E-state index contributed by atoms with van der Waals surface area (Å²) in [5.41, 5.74) is 7.38. The van der Waals surface area contributed by atoms with Crippen molar-refractivity contribution >= 4 is 15.7 Å². The molecule has 0 amide bonds. The highest BCUT2D eigenvalue weighted by atomic mass is 32.2. The number of anilines is 1. The van der Waals surface area contributed by atoms with Crippen molar-refractivity contribution in [3.63, 3.8) is 0 Å². The van der Waals surface area contributed by atoms with Gasteiger partial charge in [0.05, 0.1) is 17.6 Å². The van der Waals surface area contributed by atoms with Crippen LogP contribution in [-0.4, -0.2) is 22.9 Å². The molecule has 1 aromatic carbocycles. The van der Waals surface area contributed by atoms with Crippen LogP contribution in [0.15, 0.2) is 24.5 Å². The minimum Gasteiger partial charge on any atom is -0.398 e. The average molecular weight is 297 g/mol. The summed E-state index contributed by atoms with van der Waals surface area (Å²) in [6, 6.07) is 2.80. The van der Waals surface area contributed by atoms with Crippen molar-refractivity contribution in [2.75, 3.05) is 5.73 Å². The van der Waals surface area contributed by atoms with Gasteiger partial charge in [-0.15, -0.1) is 0 Å². The molecule has 0 aliphatic carbocycles. The van der Waals surface area contributed by atoms with Gasteiger partial charge in [0.2, 0.25) is 0 Å². The quantitative estimate of drug-likeness (QED) is 0.881. The fourth-order valence-electron chi connectivity index (χ4n) is 1.72. The number of hydrogen-bond donors (Lipinski definition) is 1. The van der Waals surface area contributed by atoms with E-state index in [4.69, 9.17) is 5.73 Å². The van der Waals surface area contributed by atoms with Gasteiger partial charge in [-0.3, -0.25) is 0 Å². The fraction of sp³-hybridized carbons (Fsp3) is 0.308. The van der Waals surface area contributed by atoms with E-state index in [1.54, 1.807) is 26.8 Å². The minimum absolute atomic E-state index is 0.280. The molecule has 108 valence electrons. The molecule has 0 spiro atoms. The van der Waals surface area contributed by atoms with Crippen LogP contribution in [0.1, 0.15) is 19.4 Å². The first-order chi connectivity index (χ1) is 9.23. The van der Waals surface area contributed by atoms with Crippen molar-refractivity contribution in [3.8, 4) is 11.1 Å². The molecule has 2 N–H and O–H groups in total. The second-order valence-corrected chi connectivity index (χ2v) is 7.23. The van der Waals surface area contributed by atoms with Gasteiger partial charge >= 0.3 is 0 Å². The van der Waals surface area contributed by atoms with Crippen LogP contribution >= 0.6 is 0 Å². The molecule has 20 heavy (non-hydrogen) atoms. The molecule has 0 aliphatic rings. The molecule has 0 saturated carbocycles. The lowest BCUT2D eigenvalue weighted by Gasteiger charge is -2.07. The first-order valence-electron chi connectivity index (χ1n) is 6.08. The standard InChI is InChI=1S/C13H16FN3O2S/c1-8(2)20(18,19)17-7-10(6-16-17)11-4-9(3)13(15)5-12(11)14/h4-8H,15H2,1-3H3. The lowest BCUT2D eigenvalue weighted by atomic mass is 10.0. The zero-order valence-electron chi connectivity index (χ0n) is 11.5. The van der Waals surface area contributed by atoms with Crippen LogP contribution < -0.4 is 5.73 Å². The van der Waals surface area contributed by atoms with Gasteiger partial charge in [0, 0.05) is 16.8 Å². The summed E-state index contributed by atoms with van der Waals surface area (Å²) in [5.74, 6) is -0.505. The Morgan fingerprint density at radius 1 is 1.35 bits per heavy atom. The molecule has 0 aliphatic heterocycles. The maximum atomic E-state index is 13.9. The highest BCUT2D eigenvalue weighted by Crippen LogP contribution is 2.27. The molecule has 5 nitrogen and oxygen atoms in total. The van der Waals surface area contributed by atoms with Crippen molar-refractivity contribution in [2.24, 2.45) is 0 Å². The monoisotopic (exact) mass is 297 g/mol. The van der Waals surface area contributed by atoms with Crippen LogP contribution in [0.2, 0.25) is 0 Å². The minimum atomic E-state index is -3.54. The molecule has 0 atom stereocenters. The largest absolute Gasteiger partial charge is 0.398 e. The fourth-order valence-corrected chi connectivity index (χ4v) is 2.59. The Morgan fingerprint density at radius 3 is 2.60 bits per heavy atom. The first-order valence-corrected chi connectivity index (χ1v) is 7.59. The van der Waals surface area contributed by atoms with Crippen LogP contribution in [0, 0.1) is 12.7 Å². The summed E-state index contributed by atoms with van der Waals surface area (Å²) < 4.78 is 38.7. The molecule has 1 aromatic heterocycles. The number of benzene rings is 1. The van der Waals surface area contributed by atoms with Crippen molar-refractivity contribution in [1.82, 2.24) is 9.19 Å². The number of halogens is 1. The number of aromatic nitrogens is 2. The Bertz CT molecular complexity index is 751. The Hall–Kier alpha value is -1.89. The van der Waals surface area contributed by atoms with Gasteiger partial charge in [-0.05, 0) is 38.5 Å². The van der Waals surface area contributed by atoms with E-state index >= 15 is 0 Å². The van der Waals surface area contributed by atoms with Gasteiger partial charge in [-0.2, -0.15) is 9.19 Å². The van der Waals surface area contributed by atoms with E-state index in [1.165, 1.54) is 18.5 Å². The summed E-state index contributed by atoms with van der Waals surface area (Å²) in [4.78, 5) is 0. The third-order valence-electron chi connectivity index (χ3n) is 3.08. The molecule has 0 saturated heterocycles. The molecule has 7 heteroatoms. The Kier molecular flexibility index (Phi) is 3.56. The number of aryl methyl sites for hydroxylation is 1. The van der Waals surface area contributed by atoms with Crippen LogP contribution in [0.25, 0.3) is 11.1 Å². The van der Waals surface area contributed by atoms with Crippen molar-refractivity contribution in [2.45, 2.75) is 26.0 Å². The molecule has 0 radical (unpaired) electrons. The lowest BCUT2D eigenvalue weighted by molar-refractivity contribution is 0.571. The van der Waals surface area contributed by atoms with Crippen LogP contribution in [0.4, 0.5) is 10.1 Å². The van der Waals surface area contributed by atoms with Gasteiger partial charge in [0.25, 0.3) is 10.0 Å². The van der Waals surface area contributed by atoms with E-state index in [0.29, 0.717) is 11.3 Å². The van der Waals surface area contributed by atoms with Gasteiger partial charge in [-0.25, -0.2) is 12.8 Å². The molecule has 0 unspecified atom stereocenters. The van der Waals surface area contributed by atoms with E-state index in [-0.39, 0.29) is 5.56 Å². The van der Waals surface area contributed by atoms with Gasteiger partial charge in [0.1, 0.15) is 5.82 Å². The zero-order valence-corrected chi connectivity index (χ0v) is 12.3. The summed E-state index contributed by atoms with van der Waals surface area (Å²) in [7, 11) is -3.54. The maximum absolute atomic E-state index is 13.9. The second kappa shape index (κ2) is 4.90. The summed E-state index contributed by atoms with van der Waals surface area (Å²) >= 11 is 0. The molecule has 2 rings (SSSR count). The van der Waals surface area contributed by atoms with Gasteiger partial charge in [0.15, 0.2) is 0 Å². The van der Waals surface area contributed by atoms with Gasteiger partial charge in [-0.1, -0.05) is 0 Å². The van der Waals surface area contributed by atoms with Crippen LogP contribution in [0.5, 0.6) is 0 Å². The van der Waals surface area contributed by atoms with Crippen molar-refractivity contribution < 1.29 is 12.8 Å². The average Bonchev–Trinajstić information content (AvgIpc) is 2.83. The Morgan fingerprint density at radius 2 is 2.00 bits per heavy atom. The molecular weight excluding hydrogens is 281 g/mol. The van der Waals surface area contributed by atoms with Crippen molar-refractivity contribution in [1.29, 1.82) is 0 Å². The number of nitrogen functional groups attached to an aromatic ring is 1. The van der Waals surface area contributed by atoms with Gasteiger partial charge < -0.3 is 5.73 Å². The SMILES string of the molecule is Cc1cc(-c2cnn(S(=O)(=O)C(C)C)c2)c(F)cc1N.